The summed E-state index contributed by atoms with van der Waals surface area (Å²) >= 11 is 0. The second-order valence-electron chi connectivity index (χ2n) is 7.45. The molecule has 37 heavy (non-hydrogen) atoms. The van der Waals surface area contributed by atoms with Crippen LogP contribution in [0.5, 0.6) is 0 Å². The first-order chi connectivity index (χ1) is 18.1. The van der Waals surface area contributed by atoms with Crippen LogP contribution >= 0.6 is 0 Å². The number of ether oxygens (including phenoxy) is 1. The Balaban J connectivity index is 0.000000206. The van der Waals surface area contributed by atoms with Crippen LogP contribution in [0.1, 0.15) is 31.8 Å². The van der Waals surface area contributed by atoms with Gasteiger partial charge >= 0.3 is 11.9 Å². The number of carbonyl (C=O) groups is 2. The maximum absolute atomic E-state index is 11.6. The van der Waals surface area contributed by atoms with Gasteiger partial charge in [0, 0.05) is 0 Å². The molecule has 8 heteroatoms. The third kappa shape index (κ3) is 8.48. The van der Waals surface area contributed by atoms with Crippen molar-refractivity contribution in [2.45, 2.75) is 0 Å². The molecule has 0 amide bonds. The third-order valence-corrected chi connectivity index (χ3v) is 4.89. The van der Waals surface area contributed by atoms with Crippen LogP contribution in [0.25, 0.3) is 0 Å². The highest BCUT2D eigenvalue weighted by atomic mass is 16.5. The summed E-state index contributed by atoms with van der Waals surface area (Å²) in [6.45, 7) is 0. The first-order valence-corrected chi connectivity index (χ1v) is 11.3. The summed E-state index contributed by atoms with van der Waals surface area (Å²) < 4.78 is 4.71. The number of nitrogens with zero attached hydrogens (tertiary/aromatic N) is 2. The molecule has 0 saturated heterocycles. The number of para-hydroxylation sites is 2. The van der Waals surface area contributed by atoms with Crippen LogP contribution in [0.15, 0.2) is 119 Å². The standard InChI is InChI=1S/C15H14N2O2.C14H12N2O2/c1-19-15(18)13-9-5-6-10-14(13)17-16-11-12-7-3-2-4-8-12;17-14(18)12-8-4-5-9-13(12)16-15-10-11-6-2-1-3-7-11/h2-11,17H,1H3;1-10,16H,(H,17,18)/b16-11+;15-10+. The van der Waals surface area contributed by atoms with E-state index in [-0.39, 0.29) is 5.56 Å². The zero-order chi connectivity index (χ0) is 26.3. The molecule has 0 heterocycles. The van der Waals surface area contributed by atoms with E-state index in [9.17, 15) is 9.59 Å². The number of anilines is 2. The number of esters is 1. The molecule has 0 saturated carbocycles. The fourth-order valence-corrected chi connectivity index (χ4v) is 3.07. The van der Waals surface area contributed by atoms with Gasteiger partial charge in [0.1, 0.15) is 0 Å². The largest absolute Gasteiger partial charge is 0.478 e. The molecule has 0 bridgehead atoms. The number of benzene rings is 4. The minimum Gasteiger partial charge on any atom is -0.478 e. The number of nitrogens with one attached hydrogen (secondary N) is 2. The van der Waals surface area contributed by atoms with Gasteiger partial charge in [-0.3, -0.25) is 10.9 Å². The van der Waals surface area contributed by atoms with E-state index in [4.69, 9.17) is 9.84 Å². The quantitative estimate of drug-likeness (QED) is 0.163. The number of carboxylic acid groups (broad SMARTS) is 1. The molecule has 0 unspecified atom stereocenters. The molecule has 186 valence electrons. The van der Waals surface area contributed by atoms with Crippen LogP contribution in [0.2, 0.25) is 0 Å². The molecule has 4 aromatic carbocycles. The van der Waals surface area contributed by atoms with Gasteiger partial charge in [-0.05, 0) is 35.4 Å². The molecular weight excluding hydrogens is 468 g/mol. The number of aromatic carboxylic acids is 1. The number of rotatable bonds is 8. The molecule has 0 atom stereocenters. The molecule has 0 fully saturated rings. The van der Waals surface area contributed by atoms with E-state index in [0.717, 1.165) is 11.1 Å². The molecule has 4 aromatic rings. The Morgan fingerprint density at radius 1 is 0.649 bits per heavy atom. The van der Waals surface area contributed by atoms with Crippen molar-refractivity contribution in [3.8, 4) is 0 Å². The van der Waals surface area contributed by atoms with Crippen molar-refractivity contribution < 1.29 is 19.4 Å². The Labute approximate surface area is 214 Å². The van der Waals surface area contributed by atoms with Gasteiger partial charge in [-0.25, -0.2) is 9.59 Å². The van der Waals surface area contributed by atoms with Crippen molar-refractivity contribution in [3.05, 3.63) is 131 Å². The summed E-state index contributed by atoms with van der Waals surface area (Å²) in [5.41, 5.74) is 9.23. The first-order valence-electron chi connectivity index (χ1n) is 11.3. The molecular formula is C29H26N4O4. The highest BCUT2D eigenvalue weighted by Crippen LogP contribution is 2.16. The van der Waals surface area contributed by atoms with E-state index in [1.54, 1.807) is 48.8 Å². The van der Waals surface area contributed by atoms with E-state index in [2.05, 4.69) is 21.1 Å². The lowest BCUT2D eigenvalue weighted by Gasteiger charge is -2.06. The van der Waals surface area contributed by atoms with Crippen molar-refractivity contribution in [2.24, 2.45) is 10.2 Å². The van der Waals surface area contributed by atoms with E-state index in [1.807, 2.05) is 66.7 Å². The molecule has 3 N–H and O–H groups in total. The Morgan fingerprint density at radius 3 is 1.51 bits per heavy atom. The number of hydrazone groups is 2. The van der Waals surface area contributed by atoms with E-state index >= 15 is 0 Å². The van der Waals surface area contributed by atoms with Crippen molar-refractivity contribution >= 4 is 35.7 Å². The van der Waals surface area contributed by atoms with Gasteiger partial charge in [0.2, 0.25) is 0 Å². The Bertz CT molecular complexity index is 1360. The van der Waals surface area contributed by atoms with Gasteiger partial charge in [-0.1, -0.05) is 84.9 Å². The van der Waals surface area contributed by atoms with Crippen LogP contribution in [0, 0.1) is 0 Å². The number of carbonyl (C=O) groups excluding carboxylic acids is 1. The van der Waals surface area contributed by atoms with Crippen LogP contribution < -0.4 is 10.9 Å². The average molecular weight is 495 g/mol. The molecule has 0 aromatic heterocycles. The summed E-state index contributed by atoms with van der Waals surface area (Å²) in [4.78, 5) is 22.5. The van der Waals surface area contributed by atoms with Crippen LogP contribution in [-0.2, 0) is 4.74 Å². The van der Waals surface area contributed by atoms with Crippen molar-refractivity contribution in [1.29, 1.82) is 0 Å². The van der Waals surface area contributed by atoms with Crippen LogP contribution in [0.4, 0.5) is 11.4 Å². The number of methoxy groups -OCH3 is 1. The molecule has 0 aliphatic carbocycles. The van der Waals surface area contributed by atoms with Gasteiger partial charge in [0.25, 0.3) is 0 Å². The summed E-state index contributed by atoms with van der Waals surface area (Å²) in [5, 5.41) is 17.1. The minimum atomic E-state index is -0.979. The summed E-state index contributed by atoms with van der Waals surface area (Å²) in [6, 6.07) is 33.0. The van der Waals surface area contributed by atoms with E-state index < -0.39 is 11.9 Å². The zero-order valence-electron chi connectivity index (χ0n) is 20.1. The third-order valence-electron chi connectivity index (χ3n) is 4.89. The molecule has 8 nitrogen and oxygen atoms in total. The maximum Gasteiger partial charge on any atom is 0.340 e. The average Bonchev–Trinajstić information content (AvgIpc) is 2.94. The Kier molecular flexibility index (Phi) is 10.1. The van der Waals surface area contributed by atoms with Crippen LogP contribution in [-0.4, -0.2) is 36.6 Å². The lowest BCUT2D eigenvalue weighted by atomic mass is 10.2. The zero-order valence-corrected chi connectivity index (χ0v) is 20.1. The van der Waals surface area contributed by atoms with Gasteiger partial charge in [-0.2, -0.15) is 10.2 Å². The van der Waals surface area contributed by atoms with Gasteiger partial charge in [0.05, 0.1) is 42.0 Å². The molecule has 0 spiro atoms. The molecule has 0 aliphatic rings. The predicted molar refractivity (Wildman–Crippen MR) is 147 cm³/mol. The van der Waals surface area contributed by atoms with Gasteiger partial charge in [-0.15, -0.1) is 0 Å². The van der Waals surface area contributed by atoms with Crippen molar-refractivity contribution in [1.82, 2.24) is 0 Å². The van der Waals surface area contributed by atoms with Crippen LogP contribution in [0.3, 0.4) is 0 Å². The summed E-state index contributed by atoms with van der Waals surface area (Å²) in [7, 11) is 1.35. The van der Waals surface area contributed by atoms with Crippen molar-refractivity contribution in [2.75, 3.05) is 18.0 Å². The van der Waals surface area contributed by atoms with Gasteiger partial charge < -0.3 is 9.84 Å². The van der Waals surface area contributed by atoms with E-state index in [0.29, 0.717) is 16.9 Å². The lowest BCUT2D eigenvalue weighted by molar-refractivity contribution is 0.0601. The minimum absolute atomic E-state index is 0.197. The number of hydrogen-bond acceptors (Lipinski definition) is 7. The topological polar surface area (TPSA) is 112 Å². The second-order valence-corrected chi connectivity index (χ2v) is 7.45. The molecule has 0 aliphatic heterocycles. The first kappa shape index (κ1) is 26.4. The monoisotopic (exact) mass is 494 g/mol. The van der Waals surface area contributed by atoms with E-state index in [1.165, 1.54) is 13.2 Å². The predicted octanol–water partition coefficient (Wildman–Crippen LogP) is 5.75. The highest BCUT2D eigenvalue weighted by molar-refractivity contribution is 5.96. The van der Waals surface area contributed by atoms with Crippen molar-refractivity contribution in [3.63, 3.8) is 0 Å². The Hall–Kier alpha value is -5.24. The SMILES string of the molecule is COC(=O)c1ccccc1N/N=C/c1ccccc1.O=C(O)c1ccccc1N/N=C/c1ccccc1. The Morgan fingerprint density at radius 2 is 1.05 bits per heavy atom. The smallest absolute Gasteiger partial charge is 0.340 e. The summed E-state index contributed by atoms with van der Waals surface area (Å²) in [5.74, 6) is -1.37. The van der Waals surface area contributed by atoms with Gasteiger partial charge in [0.15, 0.2) is 0 Å². The molecule has 0 radical (unpaired) electrons. The fourth-order valence-electron chi connectivity index (χ4n) is 3.07. The summed E-state index contributed by atoms with van der Waals surface area (Å²) in [6.07, 6.45) is 3.33. The number of carboxylic acids is 1. The molecule has 4 rings (SSSR count). The lowest BCUT2D eigenvalue weighted by Crippen LogP contribution is -2.05. The fraction of sp³-hybridized carbons (Fsp3) is 0.0345. The maximum atomic E-state index is 11.6. The number of hydrogen-bond donors (Lipinski definition) is 3. The normalized spacial score (nSPS) is 10.4. The second kappa shape index (κ2) is 14.2. The highest BCUT2D eigenvalue weighted by Gasteiger charge is 2.10.